The number of hydrogen-bond acceptors (Lipinski definition) is 10. The minimum Gasteiger partial charge on any atom is -0.468 e. The molecule has 0 saturated heterocycles. The summed E-state index contributed by atoms with van der Waals surface area (Å²) in [4.78, 5) is 48.9. The molecular weight excluding hydrogens is 482 g/mol. The summed E-state index contributed by atoms with van der Waals surface area (Å²) in [5, 5.41) is 0. The van der Waals surface area contributed by atoms with Crippen LogP contribution in [0.3, 0.4) is 0 Å². The summed E-state index contributed by atoms with van der Waals surface area (Å²) in [6, 6.07) is 4.60. The highest BCUT2D eigenvalue weighted by Crippen LogP contribution is 2.32. The number of carbonyl (C=O) groups is 4. The van der Waals surface area contributed by atoms with Gasteiger partial charge >= 0.3 is 24.1 Å². The first-order valence-corrected chi connectivity index (χ1v) is 12.7. The summed E-state index contributed by atoms with van der Waals surface area (Å²) in [6.07, 6.45) is 0.717. The third kappa shape index (κ3) is 11.2. The van der Waals surface area contributed by atoms with Crippen LogP contribution in [0.2, 0.25) is 0 Å². The SMILES string of the molecule is CCCC(=O)Oc1ccc(CC(N)(C[C@H](C)OC(=O)OCC(C)CC)C(=O)OC)cc1OC(=O)CCC. The van der Waals surface area contributed by atoms with Gasteiger partial charge in [-0.1, -0.05) is 40.2 Å². The predicted octanol–water partition coefficient (Wildman–Crippen LogP) is 4.49. The van der Waals surface area contributed by atoms with Crippen LogP contribution in [0.15, 0.2) is 18.2 Å². The van der Waals surface area contributed by atoms with E-state index in [1.165, 1.54) is 19.2 Å². The van der Waals surface area contributed by atoms with Gasteiger partial charge in [-0.3, -0.25) is 14.4 Å². The summed E-state index contributed by atoms with van der Waals surface area (Å²) in [7, 11) is 1.21. The Morgan fingerprint density at radius 2 is 1.54 bits per heavy atom. The zero-order chi connectivity index (χ0) is 28.0. The Morgan fingerprint density at radius 3 is 2.08 bits per heavy atom. The summed E-state index contributed by atoms with van der Waals surface area (Å²) in [5.41, 5.74) is 5.41. The highest BCUT2D eigenvalue weighted by atomic mass is 16.7. The Kier molecular flexibility index (Phi) is 13.7. The van der Waals surface area contributed by atoms with Crippen molar-refractivity contribution in [1.29, 1.82) is 0 Å². The Morgan fingerprint density at radius 1 is 0.946 bits per heavy atom. The second-order valence-electron chi connectivity index (χ2n) is 9.26. The molecule has 1 aromatic carbocycles. The lowest BCUT2D eigenvalue weighted by atomic mass is 9.86. The molecule has 3 atom stereocenters. The van der Waals surface area contributed by atoms with Crippen LogP contribution < -0.4 is 15.2 Å². The first-order valence-electron chi connectivity index (χ1n) is 12.7. The molecule has 0 saturated carbocycles. The molecule has 0 amide bonds. The maximum absolute atomic E-state index is 12.7. The zero-order valence-electron chi connectivity index (χ0n) is 22.8. The van der Waals surface area contributed by atoms with E-state index in [0.29, 0.717) is 18.4 Å². The molecule has 1 aromatic rings. The molecule has 0 fully saturated rings. The van der Waals surface area contributed by atoms with E-state index < -0.39 is 35.7 Å². The van der Waals surface area contributed by atoms with Gasteiger partial charge < -0.3 is 29.4 Å². The maximum Gasteiger partial charge on any atom is 0.508 e. The van der Waals surface area contributed by atoms with E-state index in [0.717, 1.165) is 6.42 Å². The van der Waals surface area contributed by atoms with E-state index in [9.17, 15) is 19.2 Å². The molecule has 0 heterocycles. The van der Waals surface area contributed by atoms with Gasteiger partial charge in [-0.2, -0.15) is 0 Å². The van der Waals surface area contributed by atoms with E-state index in [1.54, 1.807) is 13.0 Å². The van der Waals surface area contributed by atoms with Crippen molar-refractivity contribution < 1.29 is 42.9 Å². The number of carbonyl (C=O) groups excluding carboxylic acids is 4. The van der Waals surface area contributed by atoms with Crippen LogP contribution in [-0.2, 0) is 35.0 Å². The Hall–Kier alpha value is -3.14. The third-order valence-electron chi connectivity index (χ3n) is 5.61. The smallest absolute Gasteiger partial charge is 0.468 e. The number of methoxy groups -OCH3 is 1. The molecule has 0 aliphatic heterocycles. The fraction of sp³-hybridized carbons (Fsp3) is 0.630. The van der Waals surface area contributed by atoms with Crippen molar-refractivity contribution in [2.24, 2.45) is 11.7 Å². The standard InChI is InChI=1S/C27H41NO9/c1-7-10-23(29)36-21-13-12-20(14-22(21)37-24(30)11-8-2)16-27(28,25(31)33-6)15-19(5)35-26(32)34-17-18(4)9-3/h12-14,18-19H,7-11,15-17,28H2,1-6H3/t18?,19-,27?/m0/s1. The van der Waals surface area contributed by atoms with Crippen molar-refractivity contribution >= 4 is 24.1 Å². The molecule has 0 aromatic heterocycles. The molecule has 10 heteroatoms. The minimum absolute atomic E-state index is 0.0309. The summed E-state index contributed by atoms with van der Waals surface area (Å²) in [5.74, 6) is -1.33. The van der Waals surface area contributed by atoms with Gasteiger partial charge in [0, 0.05) is 25.7 Å². The second kappa shape index (κ2) is 15.9. The van der Waals surface area contributed by atoms with Crippen LogP contribution in [0.5, 0.6) is 11.5 Å². The fourth-order valence-corrected chi connectivity index (χ4v) is 3.46. The van der Waals surface area contributed by atoms with Crippen LogP contribution >= 0.6 is 0 Å². The van der Waals surface area contributed by atoms with Crippen molar-refractivity contribution in [3.05, 3.63) is 23.8 Å². The number of esters is 3. The molecule has 0 spiro atoms. The lowest BCUT2D eigenvalue weighted by Crippen LogP contribution is -2.53. The highest BCUT2D eigenvalue weighted by molar-refractivity contribution is 5.81. The summed E-state index contributed by atoms with van der Waals surface area (Å²) in [6.45, 7) is 9.44. The molecule has 1 rings (SSSR count). The average molecular weight is 524 g/mol. The number of nitrogens with two attached hydrogens (primary N) is 1. The number of rotatable bonds is 15. The van der Waals surface area contributed by atoms with Crippen LogP contribution in [-0.4, -0.2) is 49.4 Å². The molecule has 10 nitrogen and oxygen atoms in total. The van der Waals surface area contributed by atoms with Crippen molar-refractivity contribution in [3.63, 3.8) is 0 Å². The van der Waals surface area contributed by atoms with Gasteiger partial charge in [-0.15, -0.1) is 0 Å². The van der Waals surface area contributed by atoms with Gasteiger partial charge in [0.1, 0.15) is 11.6 Å². The Balaban J connectivity index is 3.12. The van der Waals surface area contributed by atoms with E-state index in [-0.39, 0.29) is 49.7 Å². The minimum atomic E-state index is -1.57. The number of ether oxygens (including phenoxy) is 5. The average Bonchev–Trinajstić information content (AvgIpc) is 2.83. The largest absolute Gasteiger partial charge is 0.508 e. The monoisotopic (exact) mass is 523 g/mol. The molecule has 0 aliphatic rings. The molecule has 37 heavy (non-hydrogen) atoms. The second-order valence-corrected chi connectivity index (χ2v) is 9.26. The summed E-state index contributed by atoms with van der Waals surface area (Å²) < 4.78 is 26.1. The van der Waals surface area contributed by atoms with Gasteiger partial charge in [0.2, 0.25) is 0 Å². The molecule has 0 aliphatic carbocycles. The molecule has 0 bridgehead atoms. The van der Waals surface area contributed by atoms with E-state index in [1.807, 2.05) is 27.7 Å². The Bertz CT molecular complexity index is 917. The topological polar surface area (TPSA) is 140 Å². The summed E-state index contributed by atoms with van der Waals surface area (Å²) >= 11 is 0. The van der Waals surface area contributed by atoms with Crippen LogP contribution in [0.1, 0.15) is 78.7 Å². The molecule has 2 unspecified atom stereocenters. The van der Waals surface area contributed by atoms with Crippen LogP contribution in [0.25, 0.3) is 0 Å². The van der Waals surface area contributed by atoms with Crippen LogP contribution in [0, 0.1) is 5.92 Å². The van der Waals surface area contributed by atoms with Gasteiger partial charge in [-0.05, 0) is 43.4 Å². The van der Waals surface area contributed by atoms with Gasteiger partial charge in [-0.25, -0.2) is 4.79 Å². The van der Waals surface area contributed by atoms with Gasteiger partial charge in [0.05, 0.1) is 13.7 Å². The van der Waals surface area contributed by atoms with Gasteiger partial charge in [0.15, 0.2) is 11.5 Å². The Labute approximate surface area is 219 Å². The third-order valence-corrected chi connectivity index (χ3v) is 5.61. The quantitative estimate of drug-likeness (QED) is 0.258. The van der Waals surface area contributed by atoms with Crippen molar-refractivity contribution in [2.75, 3.05) is 13.7 Å². The normalized spacial score (nSPS) is 14.0. The molecule has 0 radical (unpaired) electrons. The first kappa shape index (κ1) is 31.9. The zero-order valence-corrected chi connectivity index (χ0v) is 22.8. The maximum atomic E-state index is 12.7. The molecule has 2 N–H and O–H groups in total. The fourth-order valence-electron chi connectivity index (χ4n) is 3.46. The molecular formula is C27H41NO9. The van der Waals surface area contributed by atoms with Gasteiger partial charge in [0.25, 0.3) is 0 Å². The lowest BCUT2D eigenvalue weighted by molar-refractivity contribution is -0.148. The predicted molar refractivity (Wildman–Crippen MR) is 136 cm³/mol. The van der Waals surface area contributed by atoms with E-state index in [4.69, 9.17) is 29.4 Å². The number of hydrogen-bond donors (Lipinski definition) is 1. The van der Waals surface area contributed by atoms with Crippen molar-refractivity contribution in [3.8, 4) is 11.5 Å². The van der Waals surface area contributed by atoms with Crippen molar-refractivity contribution in [1.82, 2.24) is 0 Å². The van der Waals surface area contributed by atoms with E-state index >= 15 is 0 Å². The van der Waals surface area contributed by atoms with Crippen LogP contribution in [0.4, 0.5) is 4.79 Å². The molecule has 208 valence electrons. The lowest BCUT2D eigenvalue weighted by Gasteiger charge is -2.29. The van der Waals surface area contributed by atoms with E-state index in [2.05, 4.69) is 0 Å². The van der Waals surface area contributed by atoms with Crippen molar-refractivity contribution in [2.45, 2.75) is 91.2 Å². The number of benzene rings is 1. The highest BCUT2D eigenvalue weighted by Gasteiger charge is 2.38. The first-order chi connectivity index (χ1) is 17.5.